The minimum Gasteiger partial charge on any atom is -0.309 e. The third-order valence-electron chi connectivity index (χ3n) is 3.89. The molecule has 2 heterocycles. The number of pyridine rings is 1. The molecule has 0 saturated carbocycles. The molecule has 1 aliphatic heterocycles. The SMILES string of the molecule is CN(CCNCC=O)Cc1cc2c(nc1C=O)N(C=O)CCC2. The Balaban J connectivity index is 2.10. The maximum absolute atomic E-state index is 11.3. The molecule has 124 valence electrons. The number of aldehydes is 2. The van der Waals surface area contributed by atoms with Crippen LogP contribution in [-0.4, -0.2) is 62.1 Å². The molecule has 1 aliphatic rings. The number of carbonyl (C=O) groups excluding carboxylic acids is 3. The molecule has 1 amide bonds. The quantitative estimate of drug-likeness (QED) is 0.511. The van der Waals surface area contributed by atoms with Gasteiger partial charge in [-0.15, -0.1) is 0 Å². The average Bonchev–Trinajstić information content (AvgIpc) is 2.57. The van der Waals surface area contributed by atoms with Crippen LogP contribution in [0.1, 0.15) is 28.0 Å². The second-order valence-electron chi connectivity index (χ2n) is 5.64. The Morgan fingerprint density at radius 1 is 1.39 bits per heavy atom. The highest BCUT2D eigenvalue weighted by Crippen LogP contribution is 2.26. The van der Waals surface area contributed by atoms with Crippen molar-refractivity contribution in [1.82, 2.24) is 15.2 Å². The number of aromatic nitrogens is 1. The first kappa shape index (κ1) is 17.2. The van der Waals surface area contributed by atoms with Crippen molar-refractivity contribution in [1.29, 1.82) is 0 Å². The summed E-state index contributed by atoms with van der Waals surface area (Å²) in [5.74, 6) is 0.604. The molecule has 0 aromatic carbocycles. The summed E-state index contributed by atoms with van der Waals surface area (Å²) in [5, 5.41) is 3.00. The summed E-state index contributed by atoms with van der Waals surface area (Å²) in [5.41, 5.74) is 2.26. The van der Waals surface area contributed by atoms with Gasteiger partial charge in [0.2, 0.25) is 6.41 Å². The van der Waals surface area contributed by atoms with Gasteiger partial charge < -0.3 is 15.0 Å². The molecule has 0 radical (unpaired) electrons. The van der Waals surface area contributed by atoms with Crippen LogP contribution in [0.2, 0.25) is 0 Å². The van der Waals surface area contributed by atoms with Crippen molar-refractivity contribution in [2.24, 2.45) is 0 Å². The number of rotatable bonds is 9. The number of aryl methyl sites for hydroxylation is 1. The van der Waals surface area contributed by atoms with Crippen molar-refractivity contribution in [3.8, 4) is 0 Å². The topological polar surface area (TPSA) is 82.6 Å². The second kappa shape index (κ2) is 8.50. The van der Waals surface area contributed by atoms with Crippen LogP contribution in [-0.2, 0) is 22.6 Å². The largest absolute Gasteiger partial charge is 0.309 e. The highest BCUT2D eigenvalue weighted by molar-refractivity contribution is 5.80. The standard InChI is InChI=1S/C16H22N4O3/c1-19(7-4-17-5-8-21)10-14-9-13-3-2-6-20(12-23)16(13)18-15(14)11-22/h8-9,11-12,17H,2-7,10H2,1H3. The zero-order valence-corrected chi connectivity index (χ0v) is 13.3. The number of hydrogen-bond acceptors (Lipinski definition) is 6. The summed E-state index contributed by atoms with van der Waals surface area (Å²) in [7, 11) is 1.95. The Kier molecular flexibility index (Phi) is 6.37. The lowest BCUT2D eigenvalue weighted by atomic mass is 10.0. The summed E-state index contributed by atoms with van der Waals surface area (Å²) in [6.07, 6.45) is 4.11. The van der Waals surface area contributed by atoms with Crippen LogP contribution in [0.5, 0.6) is 0 Å². The highest BCUT2D eigenvalue weighted by atomic mass is 16.1. The zero-order valence-electron chi connectivity index (χ0n) is 13.3. The maximum Gasteiger partial charge on any atom is 0.215 e. The first-order valence-electron chi connectivity index (χ1n) is 7.72. The molecule has 7 heteroatoms. The number of nitrogens with zero attached hydrogens (tertiary/aromatic N) is 3. The predicted octanol–water partition coefficient (Wildman–Crippen LogP) is 0.0234. The van der Waals surface area contributed by atoms with Crippen LogP contribution >= 0.6 is 0 Å². The van der Waals surface area contributed by atoms with Gasteiger partial charge in [0.25, 0.3) is 0 Å². The number of carbonyl (C=O) groups is 3. The highest BCUT2D eigenvalue weighted by Gasteiger charge is 2.20. The Hall–Kier alpha value is -2.12. The summed E-state index contributed by atoms with van der Waals surface area (Å²) in [4.78, 5) is 40.7. The van der Waals surface area contributed by atoms with Crippen molar-refractivity contribution in [3.05, 3.63) is 22.9 Å². The fourth-order valence-corrected chi connectivity index (χ4v) is 2.72. The van der Waals surface area contributed by atoms with E-state index in [2.05, 4.69) is 15.2 Å². The number of likely N-dealkylation sites (N-methyl/N-ethyl adjacent to an activating group) is 1. The third-order valence-corrected chi connectivity index (χ3v) is 3.89. The van der Waals surface area contributed by atoms with Gasteiger partial charge in [-0.3, -0.25) is 14.5 Å². The third kappa shape index (κ3) is 4.43. The molecule has 1 aromatic heterocycles. The first-order valence-corrected chi connectivity index (χ1v) is 7.72. The minimum atomic E-state index is 0.343. The fourth-order valence-electron chi connectivity index (χ4n) is 2.72. The molecule has 7 nitrogen and oxygen atoms in total. The molecule has 0 bridgehead atoms. The van der Waals surface area contributed by atoms with E-state index in [1.54, 1.807) is 4.90 Å². The molecule has 0 atom stereocenters. The molecular weight excluding hydrogens is 296 g/mol. The molecule has 0 unspecified atom stereocenters. The van der Waals surface area contributed by atoms with Crippen molar-refractivity contribution in [2.45, 2.75) is 19.4 Å². The van der Waals surface area contributed by atoms with Gasteiger partial charge in [-0.2, -0.15) is 0 Å². The Morgan fingerprint density at radius 3 is 2.91 bits per heavy atom. The monoisotopic (exact) mass is 318 g/mol. The second-order valence-corrected chi connectivity index (χ2v) is 5.64. The minimum absolute atomic E-state index is 0.343. The number of anilines is 1. The van der Waals surface area contributed by atoms with Crippen LogP contribution in [0.4, 0.5) is 5.82 Å². The average molecular weight is 318 g/mol. The lowest BCUT2D eigenvalue weighted by molar-refractivity contribution is -0.108. The molecule has 0 saturated heterocycles. The molecule has 2 rings (SSSR count). The number of fused-ring (bicyclic) bond motifs is 1. The van der Waals surface area contributed by atoms with Crippen LogP contribution < -0.4 is 10.2 Å². The number of nitrogens with one attached hydrogen (secondary N) is 1. The summed E-state index contributed by atoms with van der Waals surface area (Å²) < 4.78 is 0. The summed E-state index contributed by atoms with van der Waals surface area (Å²) in [6.45, 7) is 3.03. The first-order chi connectivity index (χ1) is 11.2. The zero-order chi connectivity index (χ0) is 16.7. The number of hydrogen-bond donors (Lipinski definition) is 1. The van der Waals surface area contributed by atoms with Crippen molar-refractivity contribution >= 4 is 24.8 Å². The van der Waals surface area contributed by atoms with Gasteiger partial charge in [0.1, 0.15) is 17.8 Å². The Bertz CT molecular complexity index is 577. The van der Waals surface area contributed by atoms with Gasteiger partial charge in [0.05, 0.1) is 6.54 Å². The molecule has 0 aliphatic carbocycles. The van der Waals surface area contributed by atoms with Gasteiger partial charge in [-0.1, -0.05) is 0 Å². The van der Waals surface area contributed by atoms with Crippen molar-refractivity contribution < 1.29 is 14.4 Å². The van der Waals surface area contributed by atoms with Crippen LogP contribution in [0.3, 0.4) is 0 Å². The smallest absolute Gasteiger partial charge is 0.215 e. The van der Waals surface area contributed by atoms with E-state index in [1.165, 1.54) is 0 Å². The molecule has 23 heavy (non-hydrogen) atoms. The normalized spacial score (nSPS) is 13.7. The van der Waals surface area contributed by atoms with Crippen LogP contribution in [0.15, 0.2) is 6.07 Å². The fraction of sp³-hybridized carbons (Fsp3) is 0.500. The van der Waals surface area contributed by atoms with Gasteiger partial charge in [0, 0.05) is 26.2 Å². The summed E-state index contributed by atoms with van der Waals surface area (Å²) >= 11 is 0. The maximum atomic E-state index is 11.3. The Labute approximate surface area is 135 Å². The molecule has 0 fully saturated rings. The van der Waals surface area contributed by atoms with Gasteiger partial charge in [-0.25, -0.2) is 4.98 Å². The van der Waals surface area contributed by atoms with E-state index in [-0.39, 0.29) is 0 Å². The van der Waals surface area contributed by atoms with Crippen molar-refractivity contribution in [2.75, 3.05) is 38.1 Å². The molecule has 1 N–H and O–H groups in total. The van der Waals surface area contributed by atoms with Gasteiger partial charge in [0.15, 0.2) is 6.29 Å². The van der Waals surface area contributed by atoms with Crippen molar-refractivity contribution in [3.63, 3.8) is 0 Å². The molecular formula is C16H22N4O3. The molecule has 0 spiro atoms. The lowest BCUT2D eigenvalue weighted by Gasteiger charge is -2.26. The van der Waals surface area contributed by atoms with E-state index < -0.39 is 0 Å². The predicted molar refractivity (Wildman–Crippen MR) is 86.6 cm³/mol. The van der Waals surface area contributed by atoms with E-state index in [4.69, 9.17) is 0 Å². The van der Waals surface area contributed by atoms with E-state index in [1.807, 2.05) is 13.1 Å². The van der Waals surface area contributed by atoms with E-state index in [9.17, 15) is 14.4 Å². The lowest BCUT2D eigenvalue weighted by Crippen LogP contribution is -2.31. The van der Waals surface area contributed by atoms with Crippen LogP contribution in [0.25, 0.3) is 0 Å². The van der Waals surface area contributed by atoms with E-state index in [0.29, 0.717) is 37.7 Å². The van der Waals surface area contributed by atoms with E-state index in [0.717, 1.165) is 49.5 Å². The van der Waals surface area contributed by atoms with Gasteiger partial charge in [-0.05, 0) is 37.1 Å². The Morgan fingerprint density at radius 2 is 2.22 bits per heavy atom. The van der Waals surface area contributed by atoms with Crippen LogP contribution in [0, 0.1) is 0 Å². The van der Waals surface area contributed by atoms with Gasteiger partial charge >= 0.3 is 0 Å². The molecule has 1 aromatic rings. The van der Waals surface area contributed by atoms with E-state index >= 15 is 0 Å². The summed E-state index contributed by atoms with van der Waals surface area (Å²) in [6, 6.07) is 1.98. The number of amides is 1.